The lowest BCUT2D eigenvalue weighted by molar-refractivity contribution is -0.145. The van der Waals surface area contributed by atoms with Crippen LogP contribution in [0.5, 0.6) is 0 Å². The predicted octanol–water partition coefficient (Wildman–Crippen LogP) is 4.03. The van der Waals surface area contributed by atoms with Crippen LogP contribution < -0.4 is 4.90 Å². The summed E-state index contributed by atoms with van der Waals surface area (Å²) in [6.45, 7) is 5.80. The second-order valence-electron chi connectivity index (χ2n) is 9.53. The molecular weight excluding hydrogens is 479 g/mol. The van der Waals surface area contributed by atoms with Crippen molar-refractivity contribution in [1.82, 2.24) is 19.8 Å². The van der Waals surface area contributed by atoms with E-state index in [-0.39, 0.29) is 12.6 Å². The van der Waals surface area contributed by atoms with Crippen LogP contribution in [0.1, 0.15) is 42.4 Å². The molecule has 10 heteroatoms. The number of halogens is 4. The molecule has 0 spiro atoms. The number of aryl methyl sites for hydroxylation is 1. The monoisotopic (exact) mass is 511 g/mol. The average molecular weight is 512 g/mol. The van der Waals surface area contributed by atoms with Gasteiger partial charge in [0.25, 0.3) is 0 Å². The van der Waals surface area contributed by atoms with Crippen molar-refractivity contribution in [2.75, 3.05) is 44.7 Å². The summed E-state index contributed by atoms with van der Waals surface area (Å²) in [5, 5.41) is 11.6. The van der Waals surface area contributed by atoms with Crippen LogP contribution in [0.4, 0.5) is 19.0 Å². The quantitative estimate of drug-likeness (QED) is 0.577. The summed E-state index contributed by atoms with van der Waals surface area (Å²) in [6, 6.07) is 7.59. The number of nitrogens with zero attached hydrogens (tertiary/aromatic N) is 5. The highest BCUT2D eigenvalue weighted by molar-refractivity contribution is 6.30. The lowest BCUT2D eigenvalue weighted by Crippen LogP contribution is -2.46. The first-order valence-electron chi connectivity index (χ1n) is 12.2. The summed E-state index contributed by atoms with van der Waals surface area (Å²) in [4.78, 5) is 14.1. The standard InChI is InChI=1S/C25H33ClF3N5O/c1-3-33(13-12-32(2)14-17-8-10-18(26)11-9-17)21-15-34(16-22(21)35)23-19-6-4-5-7-20(19)30-24(31-23)25(27,28)29/h8-11,21-22,35H,3-7,12-16H2,1-2H3/t21-,22-/m1/s1. The van der Waals surface area contributed by atoms with E-state index in [1.807, 2.05) is 43.1 Å². The number of β-amino-alcohol motifs (C(OH)–C–C–N with tert-alkyl or cyclic N) is 1. The number of hydrogen-bond acceptors (Lipinski definition) is 6. The smallest absolute Gasteiger partial charge is 0.390 e. The van der Waals surface area contributed by atoms with Crippen molar-refractivity contribution in [2.24, 2.45) is 0 Å². The third kappa shape index (κ3) is 6.25. The van der Waals surface area contributed by atoms with Crippen molar-refractivity contribution in [1.29, 1.82) is 0 Å². The molecule has 2 aromatic rings. The normalized spacial score (nSPS) is 20.7. The van der Waals surface area contributed by atoms with Crippen LogP contribution in [0.2, 0.25) is 5.02 Å². The maximum absolute atomic E-state index is 13.5. The van der Waals surface area contributed by atoms with E-state index in [0.29, 0.717) is 35.9 Å². The Balaban J connectivity index is 1.44. The van der Waals surface area contributed by atoms with Crippen molar-refractivity contribution in [2.45, 2.75) is 57.5 Å². The van der Waals surface area contributed by atoms with E-state index >= 15 is 0 Å². The molecule has 1 aromatic carbocycles. The fourth-order valence-electron chi connectivity index (χ4n) is 5.10. The van der Waals surface area contributed by atoms with Gasteiger partial charge in [0.2, 0.25) is 5.82 Å². The van der Waals surface area contributed by atoms with Gasteiger partial charge in [0, 0.05) is 49.0 Å². The molecule has 1 aromatic heterocycles. The van der Waals surface area contributed by atoms with E-state index in [4.69, 9.17) is 11.6 Å². The molecule has 1 saturated heterocycles. The van der Waals surface area contributed by atoms with Crippen LogP contribution in [0.15, 0.2) is 24.3 Å². The molecule has 2 aliphatic rings. The molecule has 0 unspecified atom stereocenters. The summed E-state index contributed by atoms with van der Waals surface area (Å²) in [5.41, 5.74) is 2.48. The van der Waals surface area contributed by atoms with E-state index in [1.54, 1.807) is 0 Å². The van der Waals surface area contributed by atoms with Gasteiger partial charge in [0.1, 0.15) is 5.82 Å². The highest BCUT2D eigenvalue weighted by atomic mass is 35.5. The maximum Gasteiger partial charge on any atom is 0.451 e. The second kappa shape index (κ2) is 11.0. The summed E-state index contributed by atoms with van der Waals surface area (Å²) in [7, 11) is 2.05. The van der Waals surface area contributed by atoms with E-state index < -0.39 is 18.1 Å². The number of anilines is 1. The number of aliphatic hydroxyl groups excluding tert-OH is 1. The van der Waals surface area contributed by atoms with Crippen LogP contribution in [0, 0.1) is 0 Å². The Morgan fingerprint density at radius 3 is 2.49 bits per heavy atom. The zero-order valence-electron chi connectivity index (χ0n) is 20.2. The van der Waals surface area contributed by atoms with Crippen LogP contribution >= 0.6 is 11.6 Å². The zero-order chi connectivity index (χ0) is 25.2. The van der Waals surface area contributed by atoms with Crippen LogP contribution in [0.3, 0.4) is 0 Å². The Bertz CT molecular complexity index is 1000. The number of likely N-dealkylation sites (N-methyl/N-ethyl adjacent to an activating group) is 2. The maximum atomic E-state index is 13.5. The Kier molecular flexibility index (Phi) is 8.20. The Labute approximate surface area is 209 Å². The molecule has 6 nitrogen and oxygen atoms in total. The molecule has 0 saturated carbocycles. The fourth-order valence-corrected chi connectivity index (χ4v) is 5.23. The molecule has 1 aliphatic heterocycles. The number of aliphatic hydroxyl groups is 1. The van der Waals surface area contributed by atoms with Gasteiger partial charge >= 0.3 is 6.18 Å². The van der Waals surface area contributed by atoms with Gasteiger partial charge in [-0.1, -0.05) is 30.7 Å². The minimum absolute atomic E-state index is 0.174. The molecule has 1 fully saturated rings. The first kappa shape index (κ1) is 26.1. The molecule has 0 bridgehead atoms. The van der Waals surface area contributed by atoms with Gasteiger partial charge in [-0.05, 0) is 57.0 Å². The van der Waals surface area contributed by atoms with E-state index in [2.05, 4.69) is 19.8 Å². The van der Waals surface area contributed by atoms with Crippen LogP contribution in [0.25, 0.3) is 0 Å². The first-order valence-corrected chi connectivity index (χ1v) is 12.6. The van der Waals surface area contributed by atoms with Crippen molar-refractivity contribution in [3.8, 4) is 0 Å². The lowest BCUT2D eigenvalue weighted by atomic mass is 9.96. The molecule has 2 atom stereocenters. The van der Waals surface area contributed by atoms with Crippen molar-refractivity contribution in [3.05, 3.63) is 51.9 Å². The summed E-state index contributed by atoms with van der Waals surface area (Å²) >= 11 is 5.97. The first-order chi connectivity index (χ1) is 16.7. The van der Waals surface area contributed by atoms with Gasteiger partial charge in [-0.3, -0.25) is 4.90 Å². The number of benzene rings is 1. The average Bonchev–Trinajstić information content (AvgIpc) is 3.21. The highest BCUT2D eigenvalue weighted by Crippen LogP contribution is 2.35. The van der Waals surface area contributed by atoms with Gasteiger partial charge in [0.15, 0.2) is 0 Å². The van der Waals surface area contributed by atoms with E-state index in [9.17, 15) is 18.3 Å². The second-order valence-corrected chi connectivity index (χ2v) is 9.97. The van der Waals surface area contributed by atoms with Crippen molar-refractivity contribution >= 4 is 17.4 Å². The number of rotatable bonds is 8. The third-order valence-corrected chi connectivity index (χ3v) is 7.24. The van der Waals surface area contributed by atoms with Gasteiger partial charge in [-0.15, -0.1) is 0 Å². The Morgan fingerprint density at radius 1 is 1.09 bits per heavy atom. The minimum Gasteiger partial charge on any atom is -0.390 e. The summed E-state index contributed by atoms with van der Waals surface area (Å²) in [6.07, 6.45) is -2.31. The molecule has 0 amide bonds. The van der Waals surface area contributed by atoms with Crippen molar-refractivity contribution < 1.29 is 18.3 Å². The number of fused-ring (bicyclic) bond motifs is 1. The molecule has 35 heavy (non-hydrogen) atoms. The molecule has 192 valence electrons. The van der Waals surface area contributed by atoms with Crippen LogP contribution in [-0.2, 0) is 25.6 Å². The van der Waals surface area contributed by atoms with E-state index in [0.717, 1.165) is 44.6 Å². The van der Waals surface area contributed by atoms with Crippen molar-refractivity contribution in [3.63, 3.8) is 0 Å². The molecule has 1 aliphatic carbocycles. The van der Waals surface area contributed by atoms with Gasteiger partial charge < -0.3 is 14.9 Å². The Hall–Kier alpha value is -1.94. The minimum atomic E-state index is -4.59. The van der Waals surface area contributed by atoms with E-state index in [1.165, 1.54) is 5.56 Å². The zero-order valence-corrected chi connectivity index (χ0v) is 21.0. The Morgan fingerprint density at radius 2 is 1.80 bits per heavy atom. The van der Waals surface area contributed by atoms with Gasteiger partial charge in [0.05, 0.1) is 12.1 Å². The molecule has 1 N–H and O–H groups in total. The lowest BCUT2D eigenvalue weighted by Gasteiger charge is -2.31. The number of alkyl halides is 3. The number of hydrogen-bond donors (Lipinski definition) is 1. The molecule has 2 heterocycles. The third-order valence-electron chi connectivity index (χ3n) is 6.98. The highest BCUT2D eigenvalue weighted by Gasteiger charge is 2.40. The molecule has 4 rings (SSSR count). The molecular formula is C25H33ClF3N5O. The van der Waals surface area contributed by atoms with Gasteiger partial charge in [-0.2, -0.15) is 13.2 Å². The summed E-state index contributed by atoms with van der Waals surface area (Å²) < 4.78 is 40.5. The summed E-state index contributed by atoms with van der Waals surface area (Å²) in [5.74, 6) is -0.734. The molecule has 0 radical (unpaired) electrons. The topological polar surface area (TPSA) is 55.7 Å². The largest absolute Gasteiger partial charge is 0.451 e. The number of aromatic nitrogens is 2. The SMILES string of the molecule is CCN(CCN(C)Cc1ccc(Cl)cc1)[C@@H]1CN(c2nc(C(F)(F)F)nc3c2CCCC3)C[C@H]1O. The van der Waals surface area contributed by atoms with Crippen LogP contribution in [-0.4, -0.2) is 76.8 Å². The van der Waals surface area contributed by atoms with Gasteiger partial charge in [-0.25, -0.2) is 9.97 Å². The fraction of sp³-hybridized carbons (Fsp3) is 0.600. The predicted molar refractivity (Wildman–Crippen MR) is 131 cm³/mol.